The minimum Gasteiger partial charge on any atom is -0.540 e. The van der Waals surface area contributed by atoms with Crippen molar-refractivity contribution in [1.82, 2.24) is 0 Å². The molecular weight excluding hydrogens is 332 g/mol. The minimum absolute atomic E-state index is 0.271. The molecular formula is C24H36OSi. The molecule has 2 aromatic rings. The van der Waals surface area contributed by atoms with Crippen LogP contribution >= 0.6 is 0 Å². The third-order valence-corrected chi connectivity index (χ3v) is 6.21. The molecule has 2 heteroatoms. The molecule has 2 radical (unpaired) electrons. The number of benzene rings is 2. The zero-order valence-corrected chi connectivity index (χ0v) is 18.0. The van der Waals surface area contributed by atoms with Crippen molar-refractivity contribution in [2.75, 3.05) is 0 Å². The zero-order chi connectivity index (χ0) is 18.7. The molecule has 0 amide bonds. The molecule has 0 spiro atoms. The summed E-state index contributed by atoms with van der Waals surface area (Å²) >= 11 is 0. The van der Waals surface area contributed by atoms with E-state index in [0.717, 1.165) is 5.75 Å². The van der Waals surface area contributed by atoms with E-state index in [0.29, 0.717) is 9.76 Å². The largest absolute Gasteiger partial charge is 0.540 e. The lowest BCUT2D eigenvalue weighted by atomic mass is 10.0. The van der Waals surface area contributed by atoms with Crippen LogP contribution in [0.1, 0.15) is 85.0 Å². The number of fused-ring (bicyclic) bond motifs is 1. The summed E-state index contributed by atoms with van der Waals surface area (Å²) in [6, 6.07) is 14.9. The number of hydrogen-bond donors (Lipinski definition) is 0. The summed E-state index contributed by atoms with van der Waals surface area (Å²) in [5.74, 6) is 1.00. The van der Waals surface area contributed by atoms with Crippen molar-refractivity contribution in [2.24, 2.45) is 0 Å². The Labute approximate surface area is 163 Å². The predicted octanol–water partition coefficient (Wildman–Crippen LogP) is 7.96. The first kappa shape index (κ1) is 21.0. The van der Waals surface area contributed by atoms with Crippen LogP contribution in [-0.4, -0.2) is 9.76 Å². The van der Waals surface area contributed by atoms with Crippen LogP contribution in [0.4, 0.5) is 0 Å². The third kappa shape index (κ3) is 7.95. The lowest BCUT2D eigenvalue weighted by Gasteiger charge is -2.22. The van der Waals surface area contributed by atoms with Crippen LogP contribution in [0.2, 0.25) is 5.04 Å². The summed E-state index contributed by atoms with van der Waals surface area (Å²) in [7, 11) is 0.519. The van der Waals surface area contributed by atoms with Crippen LogP contribution in [0.15, 0.2) is 42.5 Å². The van der Waals surface area contributed by atoms with Gasteiger partial charge < -0.3 is 4.43 Å². The molecule has 0 heterocycles. The van der Waals surface area contributed by atoms with Crippen LogP contribution in [0, 0.1) is 0 Å². The van der Waals surface area contributed by atoms with Gasteiger partial charge in [0.15, 0.2) is 0 Å². The average Bonchev–Trinajstić information content (AvgIpc) is 2.65. The van der Waals surface area contributed by atoms with E-state index in [1.54, 1.807) is 0 Å². The standard InChI is InChI=1S/C24H36OSi/c1-4-5-6-7-8-9-10-11-14-19-24(2,3)26-25-23-18-17-21-15-12-13-16-22(21)20-23/h12-13,15-18,20H,4-11,14,19H2,1-3H3. The Balaban J connectivity index is 1.61. The lowest BCUT2D eigenvalue weighted by molar-refractivity contribution is 0.474. The van der Waals surface area contributed by atoms with Crippen molar-refractivity contribution in [3.8, 4) is 5.75 Å². The molecule has 0 N–H and O–H groups in total. The summed E-state index contributed by atoms with van der Waals surface area (Å²) < 4.78 is 6.14. The first-order valence-electron chi connectivity index (χ1n) is 10.5. The smallest absolute Gasteiger partial charge is 0.317 e. The molecule has 0 saturated heterocycles. The van der Waals surface area contributed by atoms with Crippen molar-refractivity contribution >= 4 is 20.5 Å². The highest BCUT2D eigenvalue weighted by Crippen LogP contribution is 2.31. The Bertz CT molecular complexity index is 635. The van der Waals surface area contributed by atoms with Gasteiger partial charge in [0.1, 0.15) is 5.75 Å². The van der Waals surface area contributed by atoms with E-state index in [9.17, 15) is 0 Å². The monoisotopic (exact) mass is 368 g/mol. The van der Waals surface area contributed by atoms with Gasteiger partial charge in [-0.25, -0.2) is 0 Å². The SMILES string of the molecule is CCCCCCCCCCCC(C)(C)[Si]Oc1ccc2ccccc2c1. The van der Waals surface area contributed by atoms with Crippen LogP contribution in [0.3, 0.4) is 0 Å². The van der Waals surface area contributed by atoms with Gasteiger partial charge in [0.2, 0.25) is 0 Å². The molecule has 0 fully saturated rings. The van der Waals surface area contributed by atoms with Crippen molar-refractivity contribution in [1.29, 1.82) is 0 Å². The fraction of sp³-hybridized carbons (Fsp3) is 0.583. The van der Waals surface area contributed by atoms with Gasteiger partial charge in [-0.15, -0.1) is 0 Å². The molecule has 0 saturated carbocycles. The van der Waals surface area contributed by atoms with Crippen molar-refractivity contribution in [3.05, 3.63) is 42.5 Å². The Morgan fingerprint density at radius 1 is 0.769 bits per heavy atom. The van der Waals surface area contributed by atoms with Crippen molar-refractivity contribution in [2.45, 2.75) is 90.0 Å². The van der Waals surface area contributed by atoms with Gasteiger partial charge in [-0.3, -0.25) is 0 Å². The van der Waals surface area contributed by atoms with Gasteiger partial charge in [0, 0.05) is 0 Å². The molecule has 0 unspecified atom stereocenters. The third-order valence-electron chi connectivity index (χ3n) is 5.07. The maximum absolute atomic E-state index is 6.14. The second-order valence-corrected chi connectivity index (χ2v) is 9.94. The Morgan fingerprint density at radius 2 is 1.38 bits per heavy atom. The molecule has 0 aliphatic heterocycles. The van der Waals surface area contributed by atoms with E-state index in [-0.39, 0.29) is 5.04 Å². The Morgan fingerprint density at radius 3 is 2.08 bits per heavy atom. The molecule has 0 atom stereocenters. The van der Waals surface area contributed by atoms with Crippen LogP contribution in [-0.2, 0) is 0 Å². The molecule has 0 bridgehead atoms. The first-order valence-corrected chi connectivity index (χ1v) is 11.4. The van der Waals surface area contributed by atoms with Gasteiger partial charge in [0.25, 0.3) is 0 Å². The molecule has 0 aliphatic carbocycles. The van der Waals surface area contributed by atoms with Gasteiger partial charge in [-0.1, -0.05) is 109 Å². The molecule has 0 aromatic heterocycles. The fourth-order valence-corrected chi connectivity index (χ4v) is 4.16. The second kappa shape index (κ2) is 11.4. The molecule has 2 aromatic carbocycles. The van der Waals surface area contributed by atoms with Gasteiger partial charge in [-0.2, -0.15) is 0 Å². The fourth-order valence-electron chi connectivity index (χ4n) is 3.36. The average molecular weight is 369 g/mol. The summed E-state index contributed by atoms with van der Waals surface area (Å²) in [6.45, 7) is 6.97. The van der Waals surface area contributed by atoms with Crippen LogP contribution < -0.4 is 4.43 Å². The van der Waals surface area contributed by atoms with E-state index >= 15 is 0 Å². The van der Waals surface area contributed by atoms with Crippen LogP contribution in [0.5, 0.6) is 5.75 Å². The molecule has 2 rings (SSSR count). The van der Waals surface area contributed by atoms with E-state index in [4.69, 9.17) is 4.43 Å². The Hall–Kier alpha value is -1.28. The highest BCUT2D eigenvalue weighted by Gasteiger charge is 2.21. The maximum atomic E-state index is 6.14. The van der Waals surface area contributed by atoms with Crippen molar-refractivity contribution in [3.63, 3.8) is 0 Å². The topological polar surface area (TPSA) is 9.23 Å². The second-order valence-electron chi connectivity index (χ2n) is 8.18. The first-order chi connectivity index (χ1) is 12.6. The molecule has 26 heavy (non-hydrogen) atoms. The summed E-state index contributed by atoms with van der Waals surface area (Å²) in [4.78, 5) is 0. The number of rotatable bonds is 13. The van der Waals surface area contributed by atoms with E-state index in [1.165, 1.54) is 75.0 Å². The van der Waals surface area contributed by atoms with Crippen LogP contribution in [0.25, 0.3) is 10.8 Å². The molecule has 0 aliphatic rings. The summed E-state index contributed by atoms with van der Waals surface area (Å²) in [6.07, 6.45) is 13.8. The van der Waals surface area contributed by atoms with E-state index in [1.807, 2.05) is 0 Å². The predicted molar refractivity (Wildman–Crippen MR) is 116 cm³/mol. The van der Waals surface area contributed by atoms with E-state index in [2.05, 4.69) is 63.2 Å². The number of unbranched alkanes of at least 4 members (excludes halogenated alkanes) is 8. The van der Waals surface area contributed by atoms with Crippen molar-refractivity contribution < 1.29 is 4.43 Å². The zero-order valence-electron chi connectivity index (χ0n) is 17.0. The number of hydrogen-bond acceptors (Lipinski definition) is 1. The highest BCUT2D eigenvalue weighted by atomic mass is 28.2. The normalized spacial score (nSPS) is 11.8. The summed E-state index contributed by atoms with van der Waals surface area (Å²) in [5, 5.41) is 2.80. The highest BCUT2D eigenvalue weighted by molar-refractivity contribution is 6.33. The summed E-state index contributed by atoms with van der Waals surface area (Å²) in [5.41, 5.74) is 0. The Kier molecular flexibility index (Phi) is 9.25. The van der Waals surface area contributed by atoms with Gasteiger partial charge >= 0.3 is 9.76 Å². The van der Waals surface area contributed by atoms with E-state index < -0.39 is 0 Å². The minimum atomic E-state index is 0.271. The lowest BCUT2D eigenvalue weighted by Crippen LogP contribution is -2.19. The molecule has 1 nitrogen and oxygen atoms in total. The van der Waals surface area contributed by atoms with Gasteiger partial charge in [0.05, 0.1) is 0 Å². The van der Waals surface area contributed by atoms with Gasteiger partial charge in [-0.05, 0) is 34.4 Å². The maximum Gasteiger partial charge on any atom is 0.317 e. The quantitative estimate of drug-likeness (QED) is 0.257. The molecule has 142 valence electrons.